The molecule has 0 saturated heterocycles. The fourth-order valence-corrected chi connectivity index (χ4v) is 1.63. The van der Waals surface area contributed by atoms with Crippen LogP contribution in [0.3, 0.4) is 0 Å². The number of non-ortho nitro benzene ring substituents is 1. The predicted octanol–water partition coefficient (Wildman–Crippen LogP) is 2.13. The number of hydrogen-bond acceptors (Lipinski definition) is 4. The van der Waals surface area contributed by atoms with Gasteiger partial charge in [0.05, 0.1) is 4.92 Å². The molecule has 3 N–H and O–H groups in total. The summed E-state index contributed by atoms with van der Waals surface area (Å²) in [5.41, 5.74) is 6.34. The molecule has 1 atom stereocenters. The van der Waals surface area contributed by atoms with Gasteiger partial charge in [-0.2, -0.15) is 0 Å². The second-order valence-corrected chi connectivity index (χ2v) is 3.86. The van der Waals surface area contributed by atoms with Crippen LogP contribution < -0.4 is 5.73 Å². The number of halogens is 1. The van der Waals surface area contributed by atoms with E-state index in [2.05, 4.69) is 0 Å². The molecule has 0 aliphatic heterocycles. The smallest absolute Gasteiger partial charge is 0.270 e. The Kier molecular flexibility index (Phi) is 3.72. The van der Waals surface area contributed by atoms with Crippen LogP contribution in [0, 0.1) is 16.0 Å². The number of nitrogens with zero attached hydrogens (tertiary/aromatic N) is 1. The third-order valence-corrected chi connectivity index (χ3v) is 2.71. The van der Waals surface area contributed by atoms with Gasteiger partial charge in [0, 0.05) is 23.7 Å². The Morgan fingerprint density at radius 3 is 2.62 bits per heavy atom. The third-order valence-electron chi connectivity index (χ3n) is 2.71. The zero-order chi connectivity index (χ0) is 11.0. The number of nitro benzene ring substituents is 1. The summed E-state index contributed by atoms with van der Waals surface area (Å²) in [4.78, 5) is 10.1. The summed E-state index contributed by atoms with van der Waals surface area (Å²) in [6.07, 6.45) is 2.06. The first-order chi connectivity index (χ1) is 7.09. The van der Waals surface area contributed by atoms with Gasteiger partial charge in [0.25, 0.3) is 5.69 Å². The Hall–Kier alpha value is -1.33. The van der Waals surface area contributed by atoms with Crippen LogP contribution >= 0.6 is 12.4 Å². The predicted molar refractivity (Wildman–Crippen MR) is 61.7 cm³/mol. The Morgan fingerprint density at radius 1 is 1.50 bits per heavy atom. The number of aromatic hydroxyl groups is 1. The highest BCUT2D eigenvalue weighted by Gasteiger charge is 2.31. The van der Waals surface area contributed by atoms with Crippen LogP contribution in [-0.2, 0) is 0 Å². The first kappa shape index (κ1) is 12.7. The molecule has 1 aliphatic carbocycles. The van der Waals surface area contributed by atoms with Crippen molar-refractivity contribution in [3.63, 3.8) is 0 Å². The van der Waals surface area contributed by atoms with Crippen LogP contribution in [0.1, 0.15) is 24.4 Å². The quantitative estimate of drug-likeness (QED) is 0.630. The molecule has 0 aromatic heterocycles. The first-order valence-electron chi connectivity index (χ1n) is 4.82. The average Bonchev–Trinajstić information content (AvgIpc) is 3.00. The molecule has 6 heteroatoms. The van der Waals surface area contributed by atoms with E-state index >= 15 is 0 Å². The van der Waals surface area contributed by atoms with Gasteiger partial charge in [-0.15, -0.1) is 12.4 Å². The standard InChI is InChI=1S/C10H12N2O3.ClH/c11-10(6-1-2-6)8-5-7(12(14)15)3-4-9(8)13;/h3-6,10,13H,1-2,11H2;1H/t10-;/m1./s1. The number of phenols is 1. The fraction of sp³-hybridized carbons (Fsp3) is 0.400. The summed E-state index contributed by atoms with van der Waals surface area (Å²) in [6, 6.07) is 3.68. The van der Waals surface area contributed by atoms with E-state index in [-0.39, 0.29) is 29.9 Å². The van der Waals surface area contributed by atoms with Gasteiger partial charge < -0.3 is 10.8 Å². The number of nitro groups is 1. The summed E-state index contributed by atoms with van der Waals surface area (Å²) >= 11 is 0. The van der Waals surface area contributed by atoms with E-state index in [0.717, 1.165) is 12.8 Å². The molecule has 0 radical (unpaired) electrons. The molecule has 0 spiro atoms. The van der Waals surface area contributed by atoms with Crippen molar-refractivity contribution >= 4 is 18.1 Å². The molecule has 1 aliphatic rings. The van der Waals surface area contributed by atoms with E-state index in [1.165, 1.54) is 18.2 Å². The van der Waals surface area contributed by atoms with Crippen LogP contribution in [0.4, 0.5) is 5.69 Å². The molecule has 1 saturated carbocycles. The lowest BCUT2D eigenvalue weighted by Gasteiger charge is -2.11. The number of benzene rings is 1. The van der Waals surface area contributed by atoms with Crippen LogP contribution in [-0.4, -0.2) is 10.0 Å². The molecule has 16 heavy (non-hydrogen) atoms. The topological polar surface area (TPSA) is 89.4 Å². The van der Waals surface area contributed by atoms with Crippen LogP contribution in [0.5, 0.6) is 5.75 Å². The highest BCUT2D eigenvalue weighted by molar-refractivity contribution is 5.85. The minimum absolute atomic E-state index is 0. The molecule has 5 nitrogen and oxygen atoms in total. The number of rotatable bonds is 3. The molecule has 1 aromatic rings. The van der Waals surface area contributed by atoms with E-state index in [0.29, 0.717) is 11.5 Å². The molecule has 0 bridgehead atoms. The Labute approximate surface area is 98.8 Å². The van der Waals surface area contributed by atoms with Crippen molar-refractivity contribution in [2.45, 2.75) is 18.9 Å². The monoisotopic (exact) mass is 244 g/mol. The van der Waals surface area contributed by atoms with Gasteiger partial charge in [0.15, 0.2) is 0 Å². The van der Waals surface area contributed by atoms with Crippen molar-refractivity contribution in [3.05, 3.63) is 33.9 Å². The normalized spacial score (nSPS) is 16.3. The maximum Gasteiger partial charge on any atom is 0.270 e. The summed E-state index contributed by atoms with van der Waals surface area (Å²) in [6.45, 7) is 0. The zero-order valence-corrected chi connectivity index (χ0v) is 9.31. The highest BCUT2D eigenvalue weighted by Crippen LogP contribution is 2.42. The molecule has 1 aromatic carbocycles. The molecule has 1 fully saturated rings. The molecule has 88 valence electrons. The van der Waals surface area contributed by atoms with Gasteiger partial charge in [-0.25, -0.2) is 0 Å². The SMILES string of the molecule is Cl.N[C@@H](c1cc([N+](=O)[O-])ccc1O)C1CC1. The number of hydrogen-bond donors (Lipinski definition) is 2. The summed E-state index contributed by atoms with van der Waals surface area (Å²) in [5.74, 6) is 0.401. The Balaban J connectivity index is 0.00000128. The molecule has 0 heterocycles. The molecular formula is C10H13ClN2O3. The van der Waals surface area contributed by atoms with Gasteiger partial charge in [0.2, 0.25) is 0 Å². The largest absolute Gasteiger partial charge is 0.508 e. The van der Waals surface area contributed by atoms with E-state index < -0.39 is 4.92 Å². The molecule has 0 amide bonds. The van der Waals surface area contributed by atoms with E-state index in [4.69, 9.17) is 5.73 Å². The zero-order valence-electron chi connectivity index (χ0n) is 8.50. The van der Waals surface area contributed by atoms with Crippen molar-refractivity contribution in [1.29, 1.82) is 0 Å². The maximum atomic E-state index is 10.6. The highest BCUT2D eigenvalue weighted by atomic mass is 35.5. The van der Waals surface area contributed by atoms with Crippen molar-refractivity contribution in [1.82, 2.24) is 0 Å². The maximum absolute atomic E-state index is 10.6. The summed E-state index contributed by atoms with van der Waals surface area (Å²) in [7, 11) is 0. The molecule has 0 unspecified atom stereocenters. The van der Waals surface area contributed by atoms with Crippen molar-refractivity contribution < 1.29 is 10.0 Å². The average molecular weight is 245 g/mol. The second kappa shape index (κ2) is 4.67. The lowest BCUT2D eigenvalue weighted by atomic mass is 10.0. The second-order valence-electron chi connectivity index (χ2n) is 3.86. The lowest BCUT2D eigenvalue weighted by Crippen LogP contribution is -2.12. The van der Waals surface area contributed by atoms with E-state index in [9.17, 15) is 15.2 Å². The fourth-order valence-electron chi connectivity index (χ4n) is 1.63. The molecule has 2 rings (SSSR count). The van der Waals surface area contributed by atoms with Crippen molar-refractivity contribution in [2.75, 3.05) is 0 Å². The first-order valence-corrected chi connectivity index (χ1v) is 4.82. The Bertz CT molecular complexity index is 407. The molecular weight excluding hydrogens is 232 g/mol. The minimum atomic E-state index is -0.484. The van der Waals surface area contributed by atoms with Crippen LogP contribution in [0.25, 0.3) is 0 Å². The Morgan fingerprint density at radius 2 is 2.12 bits per heavy atom. The van der Waals surface area contributed by atoms with Crippen molar-refractivity contribution in [3.8, 4) is 5.75 Å². The van der Waals surface area contributed by atoms with Gasteiger partial charge in [-0.1, -0.05) is 0 Å². The van der Waals surface area contributed by atoms with Crippen LogP contribution in [0.2, 0.25) is 0 Å². The summed E-state index contributed by atoms with van der Waals surface area (Å²) < 4.78 is 0. The lowest BCUT2D eigenvalue weighted by molar-refractivity contribution is -0.385. The van der Waals surface area contributed by atoms with Crippen molar-refractivity contribution in [2.24, 2.45) is 11.7 Å². The minimum Gasteiger partial charge on any atom is -0.508 e. The van der Waals surface area contributed by atoms with Gasteiger partial charge in [-0.3, -0.25) is 10.1 Å². The van der Waals surface area contributed by atoms with Gasteiger partial charge >= 0.3 is 0 Å². The van der Waals surface area contributed by atoms with Gasteiger partial charge in [0.1, 0.15) is 5.75 Å². The number of phenolic OH excluding ortho intramolecular Hbond substituents is 1. The number of nitrogens with two attached hydrogens (primary N) is 1. The summed E-state index contributed by atoms with van der Waals surface area (Å²) in [5, 5.41) is 20.1. The van der Waals surface area contributed by atoms with E-state index in [1.807, 2.05) is 0 Å². The van der Waals surface area contributed by atoms with Gasteiger partial charge in [-0.05, 0) is 24.8 Å². The van der Waals surface area contributed by atoms with Crippen LogP contribution in [0.15, 0.2) is 18.2 Å². The van der Waals surface area contributed by atoms with E-state index in [1.54, 1.807) is 0 Å². The third kappa shape index (κ3) is 2.43.